The van der Waals surface area contributed by atoms with E-state index in [0.717, 1.165) is 13.1 Å². The first kappa shape index (κ1) is 18.2. The van der Waals surface area contributed by atoms with Crippen LogP contribution in [-0.2, 0) is 4.79 Å². The molecule has 134 valence electrons. The summed E-state index contributed by atoms with van der Waals surface area (Å²) in [4.78, 5) is 16.0. The lowest BCUT2D eigenvalue weighted by atomic mass is 10.1. The molecule has 1 saturated heterocycles. The van der Waals surface area contributed by atoms with Crippen LogP contribution in [0.25, 0.3) is 0 Å². The summed E-state index contributed by atoms with van der Waals surface area (Å²) in [5, 5.41) is 5.62. The SMILES string of the molecule is O=C(COc1ccccc1Cl)NC[C@@H](c1cccs1)N1CCCCC1. The number of thiophene rings is 1. The molecule has 0 bridgehead atoms. The number of carbonyl (C=O) groups excluding carboxylic acids is 1. The second-order valence-corrected chi connectivity index (χ2v) is 7.54. The summed E-state index contributed by atoms with van der Waals surface area (Å²) in [5.41, 5.74) is 0. The standard InChI is InChI=1S/C19H23ClN2O2S/c20-15-7-2-3-8-17(15)24-14-19(23)21-13-16(18-9-6-12-25-18)22-10-4-1-5-11-22/h2-3,6-9,12,16H,1,4-5,10-11,13-14H2,(H,21,23)/t16-/m0/s1. The van der Waals surface area contributed by atoms with Crippen LogP contribution in [0.5, 0.6) is 5.75 Å². The van der Waals surface area contributed by atoms with Crippen LogP contribution in [0, 0.1) is 0 Å². The second-order valence-electron chi connectivity index (χ2n) is 6.15. The van der Waals surface area contributed by atoms with Crippen LogP contribution in [0.2, 0.25) is 5.02 Å². The highest BCUT2D eigenvalue weighted by Gasteiger charge is 2.23. The van der Waals surface area contributed by atoms with Crippen LogP contribution in [0.15, 0.2) is 41.8 Å². The van der Waals surface area contributed by atoms with E-state index < -0.39 is 0 Å². The van der Waals surface area contributed by atoms with Crippen molar-refractivity contribution in [3.63, 3.8) is 0 Å². The fourth-order valence-electron chi connectivity index (χ4n) is 3.09. The number of halogens is 1. The van der Waals surface area contributed by atoms with Crippen LogP contribution in [0.1, 0.15) is 30.2 Å². The number of nitrogens with one attached hydrogen (secondary N) is 1. The molecule has 1 aromatic carbocycles. The summed E-state index contributed by atoms with van der Waals surface area (Å²) in [5.74, 6) is 0.406. The molecule has 0 saturated carbocycles. The number of carbonyl (C=O) groups is 1. The molecule has 2 aromatic rings. The van der Waals surface area contributed by atoms with Crippen LogP contribution >= 0.6 is 22.9 Å². The number of likely N-dealkylation sites (tertiary alicyclic amines) is 1. The number of hydrogen-bond acceptors (Lipinski definition) is 4. The Morgan fingerprint density at radius 1 is 1.20 bits per heavy atom. The molecule has 4 nitrogen and oxygen atoms in total. The summed E-state index contributed by atoms with van der Waals surface area (Å²) >= 11 is 7.79. The van der Waals surface area contributed by atoms with Crippen molar-refractivity contribution >= 4 is 28.8 Å². The zero-order chi connectivity index (χ0) is 17.5. The maximum absolute atomic E-state index is 12.2. The Kier molecular flexibility index (Phi) is 6.73. The number of amides is 1. The normalized spacial score (nSPS) is 16.4. The van der Waals surface area contributed by atoms with Crippen LogP contribution < -0.4 is 10.1 Å². The molecule has 2 heterocycles. The number of nitrogens with zero attached hydrogens (tertiary/aromatic N) is 1. The lowest BCUT2D eigenvalue weighted by Crippen LogP contribution is -2.41. The average Bonchev–Trinajstić information content (AvgIpc) is 3.16. The van der Waals surface area contributed by atoms with Gasteiger partial charge in [0.25, 0.3) is 5.91 Å². The third-order valence-corrected chi connectivity index (χ3v) is 5.68. The highest BCUT2D eigenvalue weighted by atomic mass is 35.5. The summed E-state index contributed by atoms with van der Waals surface area (Å²) in [7, 11) is 0. The van der Waals surface area contributed by atoms with Gasteiger partial charge in [0, 0.05) is 11.4 Å². The number of para-hydroxylation sites is 1. The van der Waals surface area contributed by atoms with Crippen molar-refractivity contribution < 1.29 is 9.53 Å². The van der Waals surface area contributed by atoms with Crippen molar-refractivity contribution in [2.24, 2.45) is 0 Å². The van der Waals surface area contributed by atoms with Crippen LogP contribution in [0.3, 0.4) is 0 Å². The highest BCUT2D eigenvalue weighted by molar-refractivity contribution is 7.10. The molecule has 0 spiro atoms. The highest BCUT2D eigenvalue weighted by Crippen LogP contribution is 2.27. The van der Waals surface area contributed by atoms with Gasteiger partial charge in [-0.2, -0.15) is 0 Å². The molecule has 1 aliphatic rings. The Labute approximate surface area is 157 Å². The topological polar surface area (TPSA) is 41.6 Å². The van der Waals surface area contributed by atoms with E-state index in [1.165, 1.54) is 24.1 Å². The zero-order valence-corrected chi connectivity index (χ0v) is 15.7. The maximum atomic E-state index is 12.2. The molecule has 1 N–H and O–H groups in total. The Balaban J connectivity index is 1.53. The molecule has 0 unspecified atom stereocenters. The predicted molar refractivity (Wildman–Crippen MR) is 102 cm³/mol. The number of rotatable bonds is 7. The molecule has 1 fully saturated rings. The van der Waals surface area contributed by atoms with E-state index >= 15 is 0 Å². The quantitative estimate of drug-likeness (QED) is 0.787. The van der Waals surface area contributed by atoms with E-state index in [0.29, 0.717) is 17.3 Å². The van der Waals surface area contributed by atoms with Gasteiger partial charge >= 0.3 is 0 Å². The van der Waals surface area contributed by atoms with E-state index in [-0.39, 0.29) is 18.6 Å². The number of ether oxygens (including phenoxy) is 1. The largest absolute Gasteiger partial charge is 0.482 e. The summed E-state index contributed by atoms with van der Waals surface area (Å²) in [6.07, 6.45) is 3.75. The smallest absolute Gasteiger partial charge is 0.258 e. The zero-order valence-electron chi connectivity index (χ0n) is 14.1. The lowest BCUT2D eigenvalue weighted by Gasteiger charge is -2.34. The van der Waals surface area contributed by atoms with Gasteiger partial charge in [-0.25, -0.2) is 0 Å². The van der Waals surface area contributed by atoms with Gasteiger partial charge < -0.3 is 10.1 Å². The first-order chi connectivity index (χ1) is 12.2. The third kappa shape index (κ3) is 5.21. The molecule has 3 rings (SSSR count). The van der Waals surface area contributed by atoms with Gasteiger partial charge in [0.05, 0.1) is 11.1 Å². The van der Waals surface area contributed by atoms with Crippen molar-refractivity contribution in [2.75, 3.05) is 26.2 Å². The minimum Gasteiger partial charge on any atom is -0.482 e. The minimum absolute atomic E-state index is 0.0269. The van der Waals surface area contributed by atoms with E-state index in [1.807, 2.05) is 12.1 Å². The molecular formula is C19H23ClN2O2S. The fraction of sp³-hybridized carbons (Fsp3) is 0.421. The maximum Gasteiger partial charge on any atom is 0.258 e. The monoisotopic (exact) mass is 378 g/mol. The second kappa shape index (κ2) is 9.22. The Hall–Kier alpha value is -1.56. The molecule has 1 amide bonds. The molecule has 25 heavy (non-hydrogen) atoms. The van der Waals surface area contributed by atoms with Gasteiger partial charge in [-0.3, -0.25) is 9.69 Å². The van der Waals surface area contributed by atoms with Crippen molar-refractivity contribution in [2.45, 2.75) is 25.3 Å². The van der Waals surface area contributed by atoms with Gasteiger partial charge in [0.2, 0.25) is 0 Å². The van der Waals surface area contributed by atoms with Crippen molar-refractivity contribution in [1.82, 2.24) is 10.2 Å². The first-order valence-corrected chi connectivity index (χ1v) is 9.91. The molecule has 1 aromatic heterocycles. The van der Waals surface area contributed by atoms with Crippen molar-refractivity contribution in [3.05, 3.63) is 51.7 Å². The average molecular weight is 379 g/mol. The molecular weight excluding hydrogens is 356 g/mol. The Bertz CT molecular complexity index is 672. The van der Waals surface area contributed by atoms with Gasteiger partial charge in [0.1, 0.15) is 5.75 Å². The molecule has 1 aliphatic heterocycles. The number of piperidine rings is 1. The predicted octanol–water partition coefficient (Wildman–Crippen LogP) is 4.12. The van der Waals surface area contributed by atoms with E-state index in [9.17, 15) is 4.79 Å². The number of hydrogen-bond donors (Lipinski definition) is 1. The Morgan fingerprint density at radius 2 is 2.00 bits per heavy atom. The van der Waals surface area contributed by atoms with E-state index in [4.69, 9.17) is 16.3 Å². The minimum atomic E-state index is -0.126. The Morgan fingerprint density at radius 3 is 2.72 bits per heavy atom. The summed E-state index contributed by atoms with van der Waals surface area (Å²) < 4.78 is 5.51. The van der Waals surface area contributed by atoms with Gasteiger partial charge in [-0.05, 0) is 49.5 Å². The molecule has 1 atom stereocenters. The van der Waals surface area contributed by atoms with Crippen molar-refractivity contribution in [3.8, 4) is 5.75 Å². The third-order valence-electron chi connectivity index (χ3n) is 4.39. The molecule has 0 aliphatic carbocycles. The van der Waals surface area contributed by atoms with E-state index in [1.54, 1.807) is 23.5 Å². The van der Waals surface area contributed by atoms with E-state index in [2.05, 4.69) is 27.7 Å². The van der Waals surface area contributed by atoms with Crippen LogP contribution in [-0.4, -0.2) is 37.0 Å². The van der Waals surface area contributed by atoms with Gasteiger partial charge in [-0.1, -0.05) is 36.2 Å². The fourth-order valence-corrected chi connectivity index (χ4v) is 4.14. The lowest BCUT2D eigenvalue weighted by molar-refractivity contribution is -0.123. The van der Waals surface area contributed by atoms with Gasteiger partial charge in [-0.15, -0.1) is 11.3 Å². The van der Waals surface area contributed by atoms with Crippen LogP contribution in [0.4, 0.5) is 0 Å². The number of benzene rings is 1. The van der Waals surface area contributed by atoms with Gasteiger partial charge in [0.15, 0.2) is 6.61 Å². The first-order valence-electron chi connectivity index (χ1n) is 8.65. The summed E-state index contributed by atoms with van der Waals surface area (Å²) in [6, 6.07) is 11.6. The summed E-state index contributed by atoms with van der Waals surface area (Å²) in [6.45, 7) is 2.76. The van der Waals surface area contributed by atoms with Crippen molar-refractivity contribution in [1.29, 1.82) is 0 Å². The molecule has 6 heteroatoms. The molecule has 0 radical (unpaired) electrons.